The summed E-state index contributed by atoms with van der Waals surface area (Å²) >= 11 is 7.58. The summed E-state index contributed by atoms with van der Waals surface area (Å²) in [5.74, 6) is 0.451. The Morgan fingerprint density at radius 2 is 2.04 bits per heavy atom. The number of thiazole rings is 1. The Hall–Kier alpha value is -2.90. The molecule has 0 spiro atoms. The smallest absolute Gasteiger partial charge is 0.223 e. The van der Waals surface area contributed by atoms with Crippen LogP contribution in [0.15, 0.2) is 54.6 Å². The van der Waals surface area contributed by atoms with Gasteiger partial charge in [-0.05, 0) is 24.3 Å². The fraction of sp³-hybridized carbons (Fsp3) is 0. The fourth-order valence-corrected chi connectivity index (χ4v) is 3.23. The van der Waals surface area contributed by atoms with Gasteiger partial charge >= 0.3 is 0 Å². The number of ketones is 1. The lowest BCUT2D eigenvalue weighted by molar-refractivity contribution is 0.103. The minimum Gasteiger partial charge on any atom is -0.340 e. The van der Waals surface area contributed by atoms with Crippen LogP contribution in [0.4, 0.5) is 11.5 Å². The van der Waals surface area contributed by atoms with Crippen molar-refractivity contribution in [1.29, 1.82) is 0 Å². The quantitative estimate of drug-likeness (QED) is 0.547. The number of nitrogens with one attached hydrogen (secondary N) is 1. The van der Waals surface area contributed by atoms with E-state index >= 15 is 0 Å². The lowest BCUT2D eigenvalue weighted by Crippen LogP contribution is -2.02. The third-order valence-electron chi connectivity index (χ3n) is 3.54. The van der Waals surface area contributed by atoms with E-state index in [1.54, 1.807) is 42.2 Å². The predicted octanol–water partition coefficient (Wildman–Crippen LogP) is 4.11. The largest absolute Gasteiger partial charge is 0.340 e. The van der Waals surface area contributed by atoms with Crippen molar-refractivity contribution in [1.82, 2.24) is 19.9 Å². The third kappa shape index (κ3) is 3.07. The molecule has 0 atom stereocenters. The number of hydrogen-bond donors (Lipinski definition) is 1. The first-order valence-corrected chi connectivity index (χ1v) is 8.53. The number of benzene rings is 1. The Balaban J connectivity index is 1.66. The van der Waals surface area contributed by atoms with Gasteiger partial charge in [-0.1, -0.05) is 11.6 Å². The topological polar surface area (TPSA) is 80.7 Å². The van der Waals surface area contributed by atoms with Gasteiger partial charge in [0.15, 0.2) is 5.01 Å². The van der Waals surface area contributed by atoms with E-state index in [2.05, 4.69) is 25.3 Å². The van der Waals surface area contributed by atoms with Crippen LogP contribution in [0.1, 0.15) is 15.4 Å². The zero-order chi connectivity index (χ0) is 17.2. The van der Waals surface area contributed by atoms with Crippen molar-refractivity contribution < 1.29 is 4.79 Å². The second-order valence-electron chi connectivity index (χ2n) is 5.10. The molecule has 0 amide bonds. The summed E-state index contributed by atoms with van der Waals surface area (Å²) in [6, 6.07) is 6.98. The minimum absolute atomic E-state index is 0.190. The van der Waals surface area contributed by atoms with Gasteiger partial charge < -0.3 is 5.32 Å². The van der Waals surface area contributed by atoms with Gasteiger partial charge in [0, 0.05) is 34.4 Å². The number of rotatable bonds is 4. The van der Waals surface area contributed by atoms with Crippen LogP contribution in [0.2, 0.25) is 5.02 Å². The highest BCUT2D eigenvalue weighted by molar-refractivity contribution is 7.11. The number of pyridine rings is 1. The SMILES string of the molecule is O=C(c1nccs1)c1ccc(Nc2ncnc3cnccc23)cc1Cl. The first-order chi connectivity index (χ1) is 12.2. The molecule has 0 saturated carbocycles. The molecule has 6 nitrogen and oxygen atoms in total. The van der Waals surface area contributed by atoms with E-state index in [0.717, 1.165) is 16.6 Å². The van der Waals surface area contributed by atoms with E-state index in [4.69, 9.17) is 11.6 Å². The summed E-state index contributed by atoms with van der Waals surface area (Å²) in [4.78, 5) is 28.9. The van der Waals surface area contributed by atoms with Gasteiger partial charge in [-0.25, -0.2) is 15.0 Å². The zero-order valence-electron chi connectivity index (χ0n) is 12.7. The standard InChI is InChI=1S/C17H10ClN5OS/c18-13-7-10(1-2-11(13)15(24)17-20-5-6-25-17)23-16-12-3-4-19-8-14(12)21-9-22-16/h1-9H,(H,21,22,23). The maximum Gasteiger partial charge on any atom is 0.223 e. The molecule has 4 rings (SSSR count). The molecule has 4 aromatic rings. The van der Waals surface area contributed by atoms with Crippen molar-refractivity contribution in [2.45, 2.75) is 0 Å². The van der Waals surface area contributed by atoms with Gasteiger partial charge in [-0.15, -0.1) is 11.3 Å². The van der Waals surface area contributed by atoms with Gasteiger partial charge in [-0.2, -0.15) is 0 Å². The van der Waals surface area contributed by atoms with Crippen LogP contribution in [0, 0.1) is 0 Å². The summed E-state index contributed by atoms with van der Waals surface area (Å²) in [6.07, 6.45) is 6.41. The van der Waals surface area contributed by atoms with Gasteiger partial charge in [0.05, 0.1) is 16.7 Å². The lowest BCUT2D eigenvalue weighted by Gasteiger charge is -2.09. The molecule has 0 aliphatic carbocycles. The summed E-state index contributed by atoms with van der Waals surface area (Å²) in [6.45, 7) is 0. The van der Waals surface area contributed by atoms with E-state index in [0.29, 0.717) is 21.4 Å². The first-order valence-electron chi connectivity index (χ1n) is 7.28. The Kier molecular flexibility index (Phi) is 4.09. The average Bonchev–Trinajstić information content (AvgIpc) is 3.16. The van der Waals surface area contributed by atoms with E-state index in [9.17, 15) is 4.79 Å². The summed E-state index contributed by atoms with van der Waals surface area (Å²) in [7, 11) is 0. The molecule has 0 fully saturated rings. The summed E-state index contributed by atoms with van der Waals surface area (Å²) in [5, 5.41) is 6.57. The average molecular weight is 368 g/mol. The van der Waals surface area contributed by atoms with Gasteiger partial charge in [-0.3, -0.25) is 9.78 Å². The lowest BCUT2D eigenvalue weighted by atomic mass is 10.1. The Labute approximate surface area is 151 Å². The molecule has 3 aromatic heterocycles. The number of carbonyl (C=O) groups excluding carboxylic acids is 1. The van der Waals surface area contributed by atoms with Crippen LogP contribution < -0.4 is 5.32 Å². The van der Waals surface area contributed by atoms with E-state index in [-0.39, 0.29) is 5.78 Å². The van der Waals surface area contributed by atoms with Crippen molar-refractivity contribution in [2.24, 2.45) is 0 Å². The molecular weight excluding hydrogens is 358 g/mol. The number of hydrogen-bond acceptors (Lipinski definition) is 7. The van der Waals surface area contributed by atoms with Crippen LogP contribution in [0.25, 0.3) is 10.9 Å². The van der Waals surface area contributed by atoms with Crippen molar-refractivity contribution in [2.75, 3.05) is 5.32 Å². The first kappa shape index (κ1) is 15.6. The molecule has 8 heteroatoms. The maximum absolute atomic E-state index is 12.4. The number of aromatic nitrogens is 4. The Morgan fingerprint density at radius 3 is 2.84 bits per heavy atom. The summed E-state index contributed by atoms with van der Waals surface area (Å²) in [5.41, 5.74) is 1.87. The highest BCUT2D eigenvalue weighted by Crippen LogP contribution is 2.27. The van der Waals surface area contributed by atoms with Crippen LogP contribution in [0.3, 0.4) is 0 Å². The third-order valence-corrected chi connectivity index (χ3v) is 4.63. The molecule has 0 unspecified atom stereocenters. The second-order valence-corrected chi connectivity index (χ2v) is 6.40. The van der Waals surface area contributed by atoms with E-state index in [1.807, 2.05) is 6.07 Å². The van der Waals surface area contributed by atoms with Crippen LogP contribution in [-0.4, -0.2) is 25.7 Å². The van der Waals surface area contributed by atoms with Crippen LogP contribution >= 0.6 is 22.9 Å². The fourth-order valence-electron chi connectivity index (χ4n) is 2.37. The normalized spacial score (nSPS) is 10.8. The van der Waals surface area contributed by atoms with E-state index < -0.39 is 0 Å². The second kappa shape index (κ2) is 6.54. The molecule has 122 valence electrons. The number of halogens is 1. The van der Waals surface area contributed by atoms with Gasteiger partial charge in [0.1, 0.15) is 12.1 Å². The monoisotopic (exact) mass is 367 g/mol. The molecule has 0 aliphatic rings. The molecule has 0 bridgehead atoms. The number of carbonyl (C=O) groups is 1. The molecule has 1 aromatic carbocycles. The number of nitrogens with zero attached hydrogens (tertiary/aromatic N) is 4. The molecule has 25 heavy (non-hydrogen) atoms. The molecule has 1 N–H and O–H groups in total. The van der Waals surface area contributed by atoms with E-state index in [1.165, 1.54) is 17.7 Å². The van der Waals surface area contributed by atoms with Crippen molar-refractivity contribution in [3.05, 3.63) is 70.2 Å². The Morgan fingerprint density at radius 1 is 1.12 bits per heavy atom. The molecule has 0 aliphatic heterocycles. The summed E-state index contributed by atoms with van der Waals surface area (Å²) < 4.78 is 0. The highest BCUT2D eigenvalue weighted by Gasteiger charge is 2.16. The van der Waals surface area contributed by atoms with Gasteiger partial charge in [0.2, 0.25) is 5.78 Å². The zero-order valence-corrected chi connectivity index (χ0v) is 14.3. The van der Waals surface area contributed by atoms with Crippen molar-refractivity contribution >= 4 is 51.1 Å². The molecule has 0 saturated heterocycles. The number of anilines is 2. The van der Waals surface area contributed by atoms with Crippen molar-refractivity contribution in [3.8, 4) is 0 Å². The molecular formula is C17H10ClN5OS. The predicted molar refractivity (Wildman–Crippen MR) is 97.6 cm³/mol. The van der Waals surface area contributed by atoms with Crippen molar-refractivity contribution in [3.63, 3.8) is 0 Å². The minimum atomic E-state index is -0.190. The highest BCUT2D eigenvalue weighted by atomic mass is 35.5. The molecule has 3 heterocycles. The van der Waals surface area contributed by atoms with Crippen LogP contribution in [0.5, 0.6) is 0 Å². The Bertz CT molecular complexity index is 1060. The molecule has 0 radical (unpaired) electrons. The number of fused-ring (bicyclic) bond motifs is 1. The van der Waals surface area contributed by atoms with Crippen LogP contribution in [-0.2, 0) is 0 Å². The van der Waals surface area contributed by atoms with Gasteiger partial charge in [0.25, 0.3) is 0 Å². The maximum atomic E-state index is 12.4.